The number of carboxylic acids is 1. The minimum atomic E-state index is -3.05. The lowest BCUT2D eigenvalue weighted by Crippen LogP contribution is -2.56. The highest BCUT2D eigenvalue weighted by Gasteiger charge is 2.36. The fraction of sp³-hybridized carbons (Fsp3) is 0.818. The molecule has 19 heavy (non-hydrogen) atoms. The predicted molar refractivity (Wildman–Crippen MR) is 71.8 cm³/mol. The van der Waals surface area contributed by atoms with E-state index in [1.54, 1.807) is 6.92 Å². The summed E-state index contributed by atoms with van der Waals surface area (Å²) in [5.74, 6) is -1.11. The van der Waals surface area contributed by atoms with E-state index >= 15 is 0 Å². The molecule has 112 valence electrons. The van der Waals surface area contributed by atoms with Gasteiger partial charge in [-0.2, -0.15) is 0 Å². The van der Waals surface area contributed by atoms with Crippen molar-refractivity contribution in [2.45, 2.75) is 32.7 Å². The molecule has 0 radical (unpaired) electrons. The van der Waals surface area contributed by atoms with Gasteiger partial charge in [-0.15, -0.1) is 0 Å². The Balaban J connectivity index is 4.43. The number of likely N-dealkylation sites (N-methyl/N-ethyl adjacent to an activating group) is 1. The molecule has 0 heterocycles. The van der Waals surface area contributed by atoms with Crippen LogP contribution in [0.4, 0.5) is 4.79 Å². The average Bonchev–Trinajstić information content (AvgIpc) is 2.23. The minimum Gasteiger partial charge on any atom is -0.480 e. The first-order valence-electron chi connectivity index (χ1n) is 5.99. The van der Waals surface area contributed by atoms with E-state index in [0.29, 0.717) is 6.42 Å². The number of amides is 2. The summed E-state index contributed by atoms with van der Waals surface area (Å²) in [6, 6.07) is -0.511. The Hall–Kier alpha value is -1.31. The summed E-state index contributed by atoms with van der Waals surface area (Å²) in [6.45, 7) is 5.00. The fourth-order valence-electron chi connectivity index (χ4n) is 1.53. The van der Waals surface area contributed by atoms with Crippen LogP contribution in [-0.2, 0) is 14.6 Å². The Morgan fingerprint density at radius 1 is 1.32 bits per heavy atom. The minimum absolute atomic E-state index is 0.0122. The molecule has 2 N–H and O–H groups in total. The Bertz CT molecular complexity index is 430. The van der Waals surface area contributed by atoms with Crippen LogP contribution in [0.3, 0.4) is 0 Å². The lowest BCUT2D eigenvalue weighted by atomic mass is 10.0. The number of nitrogens with one attached hydrogen (secondary N) is 1. The van der Waals surface area contributed by atoms with Gasteiger partial charge in [0, 0.05) is 19.3 Å². The van der Waals surface area contributed by atoms with Crippen LogP contribution in [0.5, 0.6) is 0 Å². The molecule has 2 amide bonds. The highest BCUT2D eigenvalue weighted by atomic mass is 32.2. The van der Waals surface area contributed by atoms with Crippen molar-refractivity contribution in [2.24, 2.45) is 0 Å². The molecule has 0 aliphatic heterocycles. The highest BCUT2D eigenvalue weighted by Crippen LogP contribution is 2.14. The quantitative estimate of drug-likeness (QED) is 0.658. The first-order valence-corrected chi connectivity index (χ1v) is 8.05. The monoisotopic (exact) mass is 294 g/mol. The van der Waals surface area contributed by atoms with E-state index in [2.05, 4.69) is 5.32 Å². The maximum absolute atomic E-state index is 11.9. The summed E-state index contributed by atoms with van der Waals surface area (Å²) >= 11 is 0. The van der Waals surface area contributed by atoms with E-state index < -0.39 is 27.4 Å². The summed E-state index contributed by atoms with van der Waals surface area (Å²) in [5, 5.41) is 11.6. The molecular weight excluding hydrogens is 272 g/mol. The van der Waals surface area contributed by atoms with Gasteiger partial charge < -0.3 is 15.3 Å². The molecule has 0 atom stereocenters. The van der Waals surface area contributed by atoms with Crippen molar-refractivity contribution in [3.63, 3.8) is 0 Å². The van der Waals surface area contributed by atoms with Gasteiger partial charge in [-0.25, -0.2) is 18.0 Å². The Morgan fingerprint density at radius 2 is 1.84 bits per heavy atom. The standard InChI is InChI=1S/C11H22N2O5S/c1-5-13(11(2,3)9(14)15)10(16)12-7-6-8-19(4,17)18/h5-8H2,1-4H3,(H,12,16)(H,14,15). The second-order valence-electron chi connectivity index (χ2n) is 4.82. The Labute approximate surface area is 113 Å². The molecule has 7 nitrogen and oxygen atoms in total. The van der Waals surface area contributed by atoms with E-state index in [1.807, 2.05) is 0 Å². The van der Waals surface area contributed by atoms with Gasteiger partial charge in [0.2, 0.25) is 0 Å². The number of hydrogen-bond acceptors (Lipinski definition) is 4. The highest BCUT2D eigenvalue weighted by molar-refractivity contribution is 7.90. The summed E-state index contributed by atoms with van der Waals surface area (Å²) in [4.78, 5) is 24.1. The van der Waals surface area contributed by atoms with Gasteiger partial charge in [0.15, 0.2) is 0 Å². The number of carboxylic acid groups (broad SMARTS) is 1. The molecule has 0 aromatic rings. The van der Waals surface area contributed by atoms with Crippen molar-refractivity contribution in [3.8, 4) is 0 Å². The third kappa shape index (κ3) is 5.91. The number of hydrogen-bond donors (Lipinski definition) is 2. The molecule has 8 heteroatoms. The van der Waals surface area contributed by atoms with Crippen LogP contribution < -0.4 is 5.32 Å². The number of sulfone groups is 1. The third-order valence-corrected chi connectivity index (χ3v) is 3.76. The zero-order valence-corrected chi connectivity index (χ0v) is 12.6. The maximum Gasteiger partial charge on any atom is 0.329 e. The van der Waals surface area contributed by atoms with Crippen molar-refractivity contribution < 1.29 is 23.1 Å². The molecule has 0 saturated carbocycles. The van der Waals surface area contributed by atoms with Crippen LogP contribution in [0, 0.1) is 0 Å². The summed E-state index contributed by atoms with van der Waals surface area (Å²) < 4.78 is 21.8. The number of nitrogens with zero attached hydrogens (tertiary/aromatic N) is 1. The van der Waals surface area contributed by atoms with Gasteiger partial charge >= 0.3 is 12.0 Å². The van der Waals surface area contributed by atoms with E-state index in [4.69, 9.17) is 5.11 Å². The van der Waals surface area contributed by atoms with Gasteiger partial charge in [-0.1, -0.05) is 0 Å². The lowest BCUT2D eigenvalue weighted by molar-refractivity contribution is -0.147. The summed E-state index contributed by atoms with van der Waals surface area (Å²) in [7, 11) is -3.05. The first kappa shape index (κ1) is 17.7. The molecule has 0 saturated heterocycles. The Morgan fingerprint density at radius 3 is 2.21 bits per heavy atom. The summed E-state index contributed by atoms with van der Waals surface area (Å²) in [5.41, 5.74) is -1.31. The largest absolute Gasteiger partial charge is 0.480 e. The van der Waals surface area contributed by atoms with E-state index in [0.717, 1.165) is 6.26 Å². The molecule has 0 bridgehead atoms. The van der Waals surface area contributed by atoms with Crippen molar-refractivity contribution in [1.82, 2.24) is 10.2 Å². The van der Waals surface area contributed by atoms with Crippen molar-refractivity contribution in [1.29, 1.82) is 0 Å². The first-order chi connectivity index (χ1) is 8.52. The number of aliphatic carboxylic acids is 1. The van der Waals surface area contributed by atoms with E-state index in [1.165, 1.54) is 18.7 Å². The van der Waals surface area contributed by atoms with Crippen LogP contribution in [0.15, 0.2) is 0 Å². The van der Waals surface area contributed by atoms with Crippen molar-refractivity contribution >= 4 is 21.8 Å². The normalized spacial score (nSPS) is 12.0. The molecule has 0 aliphatic rings. The molecule has 0 rings (SSSR count). The SMILES string of the molecule is CCN(C(=O)NCCCS(C)(=O)=O)C(C)(C)C(=O)O. The van der Waals surface area contributed by atoms with Crippen molar-refractivity contribution in [3.05, 3.63) is 0 Å². The van der Waals surface area contributed by atoms with Crippen LogP contribution in [0.25, 0.3) is 0 Å². The molecule has 0 unspecified atom stereocenters. The third-order valence-electron chi connectivity index (χ3n) is 2.73. The lowest BCUT2D eigenvalue weighted by Gasteiger charge is -2.34. The molecule has 0 aliphatic carbocycles. The molecule has 0 aromatic heterocycles. The van der Waals surface area contributed by atoms with Crippen molar-refractivity contribution in [2.75, 3.05) is 25.1 Å². The van der Waals surface area contributed by atoms with Gasteiger partial charge in [-0.3, -0.25) is 0 Å². The van der Waals surface area contributed by atoms with Crippen LogP contribution in [0.1, 0.15) is 27.2 Å². The number of urea groups is 1. The maximum atomic E-state index is 11.9. The molecule has 0 aromatic carbocycles. The van der Waals surface area contributed by atoms with Gasteiger partial charge in [0.25, 0.3) is 0 Å². The summed E-state index contributed by atoms with van der Waals surface area (Å²) in [6.07, 6.45) is 1.43. The Kier molecular flexibility index (Phi) is 6.28. The van der Waals surface area contributed by atoms with E-state index in [9.17, 15) is 18.0 Å². The van der Waals surface area contributed by atoms with Crippen LogP contribution in [0.2, 0.25) is 0 Å². The number of carbonyl (C=O) groups is 2. The number of rotatable bonds is 7. The second kappa shape index (κ2) is 6.74. The van der Waals surface area contributed by atoms with Crippen LogP contribution >= 0.6 is 0 Å². The fourth-order valence-corrected chi connectivity index (χ4v) is 2.20. The van der Waals surface area contributed by atoms with Crippen LogP contribution in [-0.4, -0.2) is 61.1 Å². The molecule has 0 fully saturated rings. The molecular formula is C11H22N2O5S. The smallest absolute Gasteiger partial charge is 0.329 e. The topological polar surface area (TPSA) is 104 Å². The zero-order valence-electron chi connectivity index (χ0n) is 11.8. The van der Waals surface area contributed by atoms with Gasteiger partial charge in [0.05, 0.1) is 5.75 Å². The predicted octanol–water partition coefficient (Wildman–Crippen LogP) is 0.316. The van der Waals surface area contributed by atoms with E-state index in [-0.39, 0.29) is 18.8 Å². The second-order valence-corrected chi connectivity index (χ2v) is 7.08. The van der Waals surface area contributed by atoms with Gasteiger partial charge in [-0.05, 0) is 27.2 Å². The molecule has 0 spiro atoms. The zero-order chi connectivity index (χ0) is 15.3. The average molecular weight is 294 g/mol. The number of carbonyl (C=O) groups excluding carboxylic acids is 1. The van der Waals surface area contributed by atoms with Gasteiger partial charge in [0.1, 0.15) is 15.4 Å².